The predicted molar refractivity (Wildman–Crippen MR) is 54.2 cm³/mol. The third-order valence-electron chi connectivity index (χ3n) is 2.49. The minimum absolute atomic E-state index is 0.0856. The van der Waals surface area contributed by atoms with Crippen LogP contribution in [0.1, 0.15) is 13.8 Å². The molecule has 0 saturated heterocycles. The Kier molecular flexibility index (Phi) is 2.65. The molecule has 0 aromatic rings. The Balaban J connectivity index is 4.57. The van der Waals surface area contributed by atoms with E-state index in [1.165, 1.54) is 0 Å². The molecule has 0 amide bonds. The van der Waals surface area contributed by atoms with Gasteiger partial charge in [-0.1, -0.05) is 45.7 Å². The SMILES string of the molecule is CC(C)(C(N)=S)[Si](C)(C)C. The van der Waals surface area contributed by atoms with Crippen molar-refractivity contribution in [3.63, 3.8) is 0 Å². The maximum Gasteiger partial charge on any atom is 0.0756 e. The Bertz CT molecular complexity index is 146. The average Bonchev–Trinajstić information content (AvgIpc) is 1.62. The summed E-state index contributed by atoms with van der Waals surface area (Å²) in [6.07, 6.45) is 0. The third-order valence-corrected chi connectivity index (χ3v) is 7.20. The molecule has 0 spiro atoms. The first kappa shape index (κ1) is 10.1. The van der Waals surface area contributed by atoms with Crippen LogP contribution in [0.2, 0.25) is 24.7 Å². The normalized spacial score (nSPS) is 13.3. The standard InChI is InChI=1S/C7H17NSSi/c1-7(2,6(8)9)10(3,4)5/h1-5H3,(H2,8,9). The van der Waals surface area contributed by atoms with E-state index in [9.17, 15) is 0 Å². The fourth-order valence-corrected chi connectivity index (χ4v) is 2.03. The highest BCUT2D eigenvalue weighted by Crippen LogP contribution is 2.36. The Morgan fingerprint density at radius 1 is 1.30 bits per heavy atom. The highest BCUT2D eigenvalue weighted by molar-refractivity contribution is 7.80. The fraction of sp³-hybridized carbons (Fsp3) is 0.857. The van der Waals surface area contributed by atoms with Gasteiger partial charge in [0.1, 0.15) is 0 Å². The van der Waals surface area contributed by atoms with Crippen LogP contribution in [0.15, 0.2) is 0 Å². The van der Waals surface area contributed by atoms with Crippen LogP contribution < -0.4 is 5.73 Å². The first-order chi connectivity index (χ1) is 4.19. The molecule has 0 bridgehead atoms. The van der Waals surface area contributed by atoms with Gasteiger partial charge in [-0.2, -0.15) is 0 Å². The van der Waals surface area contributed by atoms with Gasteiger partial charge in [-0.05, 0) is 0 Å². The molecule has 0 unspecified atom stereocenters. The Morgan fingerprint density at radius 2 is 1.60 bits per heavy atom. The topological polar surface area (TPSA) is 26.0 Å². The Morgan fingerprint density at radius 3 is 1.60 bits per heavy atom. The molecule has 0 radical (unpaired) electrons. The number of thiocarbonyl (C=S) groups is 1. The largest absolute Gasteiger partial charge is 0.393 e. The molecule has 0 heterocycles. The molecular formula is C7H17NSSi. The molecule has 0 aliphatic rings. The van der Waals surface area contributed by atoms with Crippen molar-refractivity contribution in [2.45, 2.75) is 38.5 Å². The van der Waals surface area contributed by atoms with Gasteiger partial charge in [0.2, 0.25) is 0 Å². The van der Waals surface area contributed by atoms with Crippen LogP contribution in [0.5, 0.6) is 0 Å². The third kappa shape index (κ3) is 1.79. The van der Waals surface area contributed by atoms with Gasteiger partial charge in [-0.25, -0.2) is 0 Å². The van der Waals surface area contributed by atoms with E-state index in [4.69, 9.17) is 18.0 Å². The summed E-state index contributed by atoms with van der Waals surface area (Å²) in [6, 6.07) is 0. The van der Waals surface area contributed by atoms with E-state index in [1.807, 2.05) is 0 Å². The molecule has 10 heavy (non-hydrogen) atoms. The molecule has 0 rings (SSSR count). The van der Waals surface area contributed by atoms with Gasteiger partial charge in [-0.3, -0.25) is 0 Å². The van der Waals surface area contributed by atoms with E-state index in [0.29, 0.717) is 4.99 Å². The lowest BCUT2D eigenvalue weighted by molar-refractivity contribution is 0.866. The van der Waals surface area contributed by atoms with Crippen LogP contribution in [-0.4, -0.2) is 13.1 Å². The number of rotatable bonds is 2. The molecule has 3 heteroatoms. The summed E-state index contributed by atoms with van der Waals surface area (Å²) >= 11 is 4.99. The molecule has 60 valence electrons. The van der Waals surface area contributed by atoms with E-state index in [1.54, 1.807) is 0 Å². The highest BCUT2D eigenvalue weighted by atomic mass is 32.1. The second-order valence-electron chi connectivity index (χ2n) is 4.24. The predicted octanol–water partition coefficient (Wildman–Crippen LogP) is 2.39. The van der Waals surface area contributed by atoms with Crippen molar-refractivity contribution in [1.82, 2.24) is 0 Å². The summed E-state index contributed by atoms with van der Waals surface area (Å²) in [6.45, 7) is 11.1. The van der Waals surface area contributed by atoms with Gasteiger partial charge in [0.05, 0.1) is 13.1 Å². The van der Waals surface area contributed by atoms with Crippen molar-refractivity contribution in [1.29, 1.82) is 0 Å². The lowest BCUT2D eigenvalue weighted by Gasteiger charge is -2.35. The second kappa shape index (κ2) is 2.62. The zero-order valence-electron chi connectivity index (χ0n) is 7.49. The van der Waals surface area contributed by atoms with Crippen LogP contribution in [-0.2, 0) is 0 Å². The van der Waals surface area contributed by atoms with Gasteiger partial charge in [-0.15, -0.1) is 0 Å². The quantitative estimate of drug-likeness (QED) is 0.515. The van der Waals surface area contributed by atoms with Crippen LogP contribution in [0.25, 0.3) is 0 Å². The van der Waals surface area contributed by atoms with Gasteiger partial charge in [0.25, 0.3) is 0 Å². The minimum Gasteiger partial charge on any atom is -0.393 e. The number of hydrogen-bond donors (Lipinski definition) is 1. The number of hydrogen-bond acceptors (Lipinski definition) is 1. The Labute approximate surface area is 70.0 Å². The lowest BCUT2D eigenvalue weighted by atomic mass is 10.2. The molecule has 0 atom stereocenters. The molecular weight excluding hydrogens is 158 g/mol. The van der Waals surface area contributed by atoms with Crippen molar-refractivity contribution in [2.24, 2.45) is 5.73 Å². The van der Waals surface area contributed by atoms with E-state index in [2.05, 4.69) is 33.5 Å². The van der Waals surface area contributed by atoms with Crippen LogP contribution in [0.3, 0.4) is 0 Å². The summed E-state index contributed by atoms with van der Waals surface area (Å²) in [5.74, 6) is 0. The molecule has 0 aromatic carbocycles. The monoisotopic (exact) mass is 175 g/mol. The van der Waals surface area contributed by atoms with Gasteiger partial charge >= 0.3 is 0 Å². The smallest absolute Gasteiger partial charge is 0.0756 e. The van der Waals surface area contributed by atoms with Crippen LogP contribution >= 0.6 is 12.2 Å². The number of nitrogens with two attached hydrogens (primary N) is 1. The first-order valence-electron chi connectivity index (χ1n) is 3.49. The maximum absolute atomic E-state index is 5.62. The van der Waals surface area contributed by atoms with E-state index in [-0.39, 0.29) is 5.04 Å². The molecule has 1 nitrogen and oxygen atoms in total. The van der Waals surface area contributed by atoms with Crippen LogP contribution in [0, 0.1) is 0 Å². The molecule has 0 aromatic heterocycles. The summed E-state index contributed by atoms with van der Waals surface area (Å²) in [5, 5.41) is 0.0856. The van der Waals surface area contributed by atoms with Gasteiger partial charge in [0, 0.05) is 5.04 Å². The summed E-state index contributed by atoms with van der Waals surface area (Å²) in [7, 11) is -1.21. The minimum atomic E-state index is -1.21. The summed E-state index contributed by atoms with van der Waals surface area (Å²) < 4.78 is 0. The summed E-state index contributed by atoms with van der Waals surface area (Å²) in [4.78, 5) is 0.659. The lowest BCUT2D eigenvalue weighted by Crippen LogP contribution is -2.43. The van der Waals surface area contributed by atoms with Gasteiger partial charge in [0.15, 0.2) is 0 Å². The zero-order chi connectivity index (χ0) is 8.58. The van der Waals surface area contributed by atoms with Crippen molar-refractivity contribution in [3.05, 3.63) is 0 Å². The van der Waals surface area contributed by atoms with Crippen molar-refractivity contribution in [3.8, 4) is 0 Å². The second-order valence-corrected chi connectivity index (χ2v) is 10.4. The molecule has 2 N–H and O–H groups in total. The first-order valence-corrected chi connectivity index (χ1v) is 7.40. The molecule has 0 saturated carbocycles. The average molecular weight is 175 g/mol. The van der Waals surface area contributed by atoms with Crippen molar-refractivity contribution in [2.75, 3.05) is 0 Å². The van der Waals surface area contributed by atoms with E-state index >= 15 is 0 Å². The molecule has 0 aliphatic carbocycles. The molecule has 0 fully saturated rings. The maximum atomic E-state index is 5.62. The molecule has 0 aliphatic heterocycles. The van der Waals surface area contributed by atoms with Crippen LogP contribution in [0.4, 0.5) is 0 Å². The van der Waals surface area contributed by atoms with E-state index in [0.717, 1.165) is 0 Å². The fourth-order valence-electron chi connectivity index (χ4n) is 0.370. The van der Waals surface area contributed by atoms with Gasteiger partial charge < -0.3 is 5.73 Å². The van der Waals surface area contributed by atoms with Crippen molar-refractivity contribution >= 4 is 25.3 Å². The summed E-state index contributed by atoms with van der Waals surface area (Å²) in [5.41, 5.74) is 5.62. The van der Waals surface area contributed by atoms with E-state index < -0.39 is 8.07 Å². The highest BCUT2D eigenvalue weighted by Gasteiger charge is 2.36. The zero-order valence-corrected chi connectivity index (χ0v) is 9.30. The Hall–Kier alpha value is 0.107. The van der Waals surface area contributed by atoms with Crippen molar-refractivity contribution < 1.29 is 0 Å².